The van der Waals surface area contributed by atoms with E-state index in [0.717, 1.165) is 52.1 Å². The van der Waals surface area contributed by atoms with E-state index in [9.17, 15) is 4.79 Å². The van der Waals surface area contributed by atoms with E-state index in [-0.39, 0.29) is 17.6 Å². The monoisotopic (exact) mass is 256 g/mol. The van der Waals surface area contributed by atoms with Crippen LogP contribution in [0.15, 0.2) is 0 Å². The number of hydrogen-bond acceptors (Lipinski definition) is 4. The van der Waals surface area contributed by atoms with Gasteiger partial charge in [-0.2, -0.15) is 0 Å². The van der Waals surface area contributed by atoms with E-state index in [1.54, 1.807) is 7.05 Å². The van der Waals surface area contributed by atoms with Crippen LogP contribution in [-0.2, 0) is 14.3 Å². The summed E-state index contributed by atoms with van der Waals surface area (Å²) in [5.74, 6) is 0.148. The Morgan fingerprint density at radius 3 is 2.83 bits per heavy atom. The maximum atomic E-state index is 11.8. The Balaban J connectivity index is 1.73. The van der Waals surface area contributed by atoms with Crippen molar-refractivity contribution in [2.45, 2.75) is 32.5 Å². The fraction of sp³-hybridized carbons (Fsp3) is 0.923. The molecule has 1 N–H and O–H groups in total. The summed E-state index contributed by atoms with van der Waals surface area (Å²) in [6.45, 7) is 6.41. The molecule has 0 spiro atoms. The van der Waals surface area contributed by atoms with Gasteiger partial charge in [0, 0.05) is 26.6 Å². The van der Waals surface area contributed by atoms with Crippen LogP contribution in [0.2, 0.25) is 0 Å². The van der Waals surface area contributed by atoms with Crippen LogP contribution in [0.5, 0.6) is 0 Å². The zero-order valence-electron chi connectivity index (χ0n) is 11.4. The third-order valence-corrected chi connectivity index (χ3v) is 3.90. The molecule has 104 valence electrons. The Morgan fingerprint density at radius 2 is 2.17 bits per heavy atom. The van der Waals surface area contributed by atoms with Crippen LogP contribution in [0, 0.1) is 5.41 Å². The minimum Gasteiger partial charge on any atom is -0.359 e. The predicted octanol–water partition coefficient (Wildman–Crippen LogP) is 0.598. The summed E-state index contributed by atoms with van der Waals surface area (Å²) in [6.07, 6.45) is 2.77. The second kappa shape index (κ2) is 5.99. The highest BCUT2D eigenvalue weighted by atomic mass is 16.7. The quantitative estimate of drug-likeness (QED) is 0.800. The second-order valence-corrected chi connectivity index (χ2v) is 5.48. The maximum Gasteiger partial charge on any atom is 0.227 e. The van der Waals surface area contributed by atoms with E-state index in [0.29, 0.717) is 0 Å². The Bertz CT molecular complexity index is 292. The van der Waals surface area contributed by atoms with Gasteiger partial charge in [0.25, 0.3) is 0 Å². The molecular weight excluding hydrogens is 232 g/mol. The molecule has 0 aromatic carbocycles. The zero-order chi connectivity index (χ0) is 13.0. The van der Waals surface area contributed by atoms with Gasteiger partial charge in [-0.05, 0) is 26.3 Å². The molecule has 0 bridgehead atoms. The molecule has 0 radical (unpaired) electrons. The minimum absolute atomic E-state index is 0.0504. The molecule has 1 unspecified atom stereocenters. The standard InChI is InChI=1S/C13H24N2O3/c1-13(12(16)14-2)5-7-15(10-13)6-4-11-17-8-3-9-18-11/h11H,3-10H2,1-2H3,(H,14,16). The number of carbonyl (C=O) groups is 1. The van der Waals surface area contributed by atoms with Crippen molar-refractivity contribution in [3.05, 3.63) is 0 Å². The van der Waals surface area contributed by atoms with E-state index in [4.69, 9.17) is 9.47 Å². The van der Waals surface area contributed by atoms with Gasteiger partial charge in [-0.3, -0.25) is 4.79 Å². The van der Waals surface area contributed by atoms with Crippen molar-refractivity contribution in [3.8, 4) is 0 Å². The summed E-state index contributed by atoms with van der Waals surface area (Å²) in [5, 5.41) is 2.76. The lowest BCUT2D eigenvalue weighted by Gasteiger charge is -2.26. The summed E-state index contributed by atoms with van der Waals surface area (Å²) in [5.41, 5.74) is -0.233. The predicted molar refractivity (Wildman–Crippen MR) is 68.2 cm³/mol. The van der Waals surface area contributed by atoms with Crippen LogP contribution < -0.4 is 5.32 Å². The molecule has 5 nitrogen and oxygen atoms in total. The fourth-order valence-corrected chi connectivity index (χ4v) is 2.73. The van der Waals surface area contributed by atoms with Gasteiger partial charge >= 0.3 is 0 Å². The summed E-state index contributed by atoms with van der Waals surface area (Å²) < 4.78 is 11.1. The highest BCUT2D eigenvalue weighted by Gasteiger charge is 2.39. The third kappa shape index (κ3) is 3.22. The molecule has 18 heavy (non-hydrogen) atoms. The van der Waals surface area contributed by atoms with Gasteiger partial charge in [-0.1, -0.05) is 0 Å². The Kier molecular flexibility index (Phi) is 4.59. The van der Waals surface area contributed by atoms with Crippen molar-refractivity contribution in [1.82, 2.24) is 10.2 Å². The van der Waals surface area contributed by atoms with Crippen molar-refractivity contribution in [1.29, 1.82) is 0 Å². The number of carbonyl (C=O) groups excluding carboxylic acids is 1. The zero-order valence-corrected chi connectivity index (χ0v) is 11.4. The van der Waals surface area contributed by atoms with E-state index in [2.05, 4.69) is 10.2 Å². The van der Waals surface area contributed by atoms with Crippen molar-refractivity contribution < 1.29 is 14.3 Å². The molecule has 0 aliphatic carbocycles. The van der Waals surface area contributed by atoms with Crippen LogP contribution >= 0.6 is 0 Å². The lowest BCUT2D eigenvalue weighted by Crippen LogP contribution is -2.39. The molecule has 2 aliphatic rings. The van der Waals surface area contributed by atoms with Crippen molar-refractivity contribution in [2.75, 3.05) is 39.9 Å². The van der Waals surface area contributed by atoms with Gasteiger partial charge in [-0.15, -0.1) is 0 Å². The van der Waals surface area contributed by atoms with E-state index < -0.39 is 0 Å². The van der Waals surface area contributed by atoms with Gasteiger partial charge in [0.1, 0.15) is 0 Å². The van der Waals surface area contributed by atoms with Gasteiger partial charge in [0.05, 0.1) is 18.6 Å². The summed E-state index contributed by atoms with van der Waals surface area (Å²) >= 11 is 0. The topological polar surface area (TPSA) is 50.8 Å². The van der Waals surface area contributed by atoms with Crippen LogP contribution in [-0.4, -0.2) is 57.0 Å². The molecule has 5 heteroatoms. The van der Waals surface area contributed by atoms with Gasteiger partial charge in [0.15, 0.2) is 6.29 Å². The molecule has 1 atom stereocenters. The minimum atomic E-state index is -0.233. The Hall–Kier alpha value is -0.650. The Labute approximate surface area is 109 Å². The van der Waals surface area contributed by atoms with Crippen molar-refractivity contribution >= 4 is 5.91 Å². The van der Waals surface area contributed by atoms with Crippen LogP contribution in [0.1, 0.15) is 26.2 Å². The number of rotatable bonds is 4. The fourth-order valence-electron chi connectivity index (χ4n) is 2.73. The molecule has 0 saturated carbocycles. The lowest BCUT2D eigenvalue weighted by molar-refractivity contribution is -0.182. The highest BCUT2D eigenvalue weighted by Crippen LogP contribution is 2.30. The van der Waals surface area contributed by atoms with Crippen LogP contribution in [0.4, 0.5) is 0 Å². The molecule has 2 saturated heterocycles. The van der Waals surface area contributed by atoms with Gasteiger partial charge < -0.3 is 19.7 Å². The van der Waals surface area contributed by atoms with E-state index in [1.165, 1.54) is 0 Å². The molecule has 2 heterocycles. The molecule has 0 aromatic heterocycles. The lowest BCUT2D eigenvalue weighted by atomic mass is 9.89. The summed E-state index contributed by atoms with van der Waals surface area (Å²) in [4.78, 5) is 14.1. The third-order valence-electron chi connectivity index (χ3n) is 3.90. The number of amides is 1. The highest BCUT2D eigenvalue weighted by molar-refractivity contribution is 5.82. The number of likely N-dealkylation sites (tertiary alicyclic amines) is 1. The number of nitrogens with zero attached hydrogens (tertiary/aromatic N) is 1. The van der Waals surface area contributed by atoms with Crippen LogP contribution in [0.25, 0.3) is 0 Å². The molecule has 2 rings (SSSR count). The first-order chi connectivity index (χ1) is 8.64. The van der Waals surface area contributed by atoms with E-state index >= 15 is 0 Å². The number of nitrogens with one attached hydrogen (secondary N) is 1. The first-order valence-electron chi connectivity index (χ1n) is 6.82. The average Bonchev–Trinajstić information content (AvgIpc) is 2.80. The van der Waals surface area contributed by atoms with E-state index in [1.807, 2.05) is 6.92 Å². The molecule has 1 amide bonds. The molecule has 0 aromatic rings. The van der Waals surface area contributed by atoms with Gasteiger partial charge in [0.2, 0.25) is 5.91 Å². The van der Waals surface area contributed by atoms with Gasteiger partial charge in [-0.25, -0.2) is 0 Å². The smallest absolute Gasteiger partial charge is 0.227 e. The first kappa shape index (κ1) is 13.8. The largest absolute Gasteiger partial charge is 0.359 e. The SMILES string of the molecule is CNC(=O)C1(C)CCN(CCC2OCCCO2)C1. The molecule has 2 aliphatic heterocycles. The summed E-state index contributed by atoms with van der Waals surface area (Å²) in [7, 11) is 1.71. The second-order valence-electron chi connectivity index (χ2n) is 5.48. The van der Waals surface area contributed by atoms with Crippen molar-refractivity contribution in [2.24, 2.45) is 5.41 Å². The maximum absolute atomic E-state index is 11.8. The van der Waals surface area contributed by atoms with Crippen LogP contribution in [0.3, 0.4) is 0 Å². The average molecular weight is 256 g/mol. The first-order valence-corrected chi connectivity index (χ1v) is 6.82. The number of ether oxygens (including phenoxy) is 2. The Morgan fingerprint density at radius 1 is 1.44 bits per heavy atom. The normalized spacial score (nSPS) is 30.6. The molecule has 2 fully saturated rings. The number of hydrogen-bond donors (Lipinski definition) is 1. The van der Waals surface area contributed by atoms with Crippen molar-refractivity contribution in [3.63, 3.8) is 0 Å². The summed E-state index contributed by atoms with van der Waals surface area (Å²) in [6, 6.07) is 0. The molecular formula is C13H24N2O3.